The summed E-state index contributed by atoms with van der Waals surface area (Å²) in [6, 6.07) is 14.4. The number of phenols is 1. The highest BCUT2D eigenvalue weighted by Gasteiger charge is 2.21. The van der Waals surface area contributed by atoms with Crippen LogP contribution in [0.1, 0.15) is 17.5 Å². The number of non-ortho nitro benzene ring substituents is 1. The number of aliphatic imine (C=N–C) groups is 1. The van der Waals surface area contributed by atoms with Gasteiger partial charge in [-0.1, -0.05) is 30.3 Å². The second kappa shape index (κ2) is 7.23. The number of hydrogen-bond donors (Lipinski definition) is 1. The van der Waals surface area contributed by atoms with E-state index in [0.717, 1.165) is 26.1 Å². The van der Waals surface area contributed by atoms with Crippen LogP contribution >= 0.6 is 0 Å². The van der Waals surface area contributed by atoms with Gasteiger partial charge in [0.15, 0.2) is 0 Å². The molecule has 1 aliphatic heterocycles. The lowest BCUT2D eigenvalue weighted by Gasteiger charge is -2.14. The first-order valence-electron chi connectivity index (χ1n) is 7.88. The van der Waals surface area contributed by atoms with Gasteiger partial charge in [-0.25, -0.2) is 0 Å². The van der Waals surface area contributed by atoms with Crippen molar-refractivity contribution in [1.29, 1.82) is 0 Å². The molecule has 1 N–H and O–H groups in total. The van der Waals surface area contributed by atoms with E-state index < -0.39 is 4.92 Å². The van der Waals surface area contributed by atoms with Crippen molar-refractivity contribution in [3.63, 3.8) is 0 Å². The van der Waals surface area contributed by atoms with Crippen molar-refractivity contribution < 1.29 is 10.0 Å². The summed E-state index contributed by atoms with van der Waals surface area (Å²) in [6.07, 6.45) is 2.48. The summed E-state index contributed by atoms with van der Waals surface area (Å²) in [7, 11) is 0. The fraction of sp³-hybridized carbons (Fsp3) is 0.278. The Hall–Kier alpha value is -2.73. The second-order valence-corrected chi connectivity index (χ2v) is 5.94. The summed E-state index contributed by atoms with van der Waals surface area (Å²) in [5, 5.41) is 20.6. The number of nitrogens with zero attached hydrogens (tertiary/aromatic N) is 3. The highest BCUT2D eigenvalue weighted by molar-refractivity contribution is 5.84. The van der Waals surface area contributed by atoms with Crippen LogP contribution in [-0.2, 0) is 6.54 Å². The number of nitro benzene ring substituents is 1. The minimum absolute atomic E-state index is 0.00323. The van der Waals surface area contributed by atoms with Crippen molar-refractivity contribution in [3.05, 3.63) is 69.8 Å². The van der Waals surface area contributed by atoms with Crippen LogP contribution in [0.2, 0.25) is 0 Å². The normalized spacial score (nSPS) is 18.2. The van der Waals surface area contributed by atoms with Gasteiger partial charge in [0.05, 0.1) is 11.0 Å². The summed E-state index contributed by atoms with van der Waals surface area (Å²) in [5.41, 5.74) is 1.61. The van der Waals surface area contributed by atoms with Crippen molar-refractivity contribution in [1.82, 2.24) is 4.90 Å². The zero-order valence-electron chi connectivity index (χ0n) is 13.2. The zero-order chi connectivity index (χ0) is 16.9. The molecule has 124 valence electrons. The van der Waals surface area contributed by atoms with Gasteiger partial charge in [0, 0.05) is 43.5 Å². The lowest BCUT2D eigenvalue weighted by Crippen LogP contribution is -2.21. The van der Waals surface area contributed by atoms with Crippen LogP contribution in [0.15, 0.2) is 53.5 Å². The maximum Gasteiger partial charge on any atom is 0.270 e. The number of aromatic hydroxyl groups is 1. The fourth-order valence-electron chi connectivity index (χ4n) is 2.86. The van der Waals surface area contributed by atoms with Crippen LogP contribution in [0.25, 0.3) is 0 Å². The van der Waals surface area contributed by atoms with Crippen LogP contribution in [0.3, 0.4) is 0 Å². The molecule has 0 amide bonds. The zero-order valence-corrected chi connectivity index (χ0v) is 13.2. The Morgan fingerprint density at radius 1 is 1.29 bits per heavy atom. The molecule has 0 radical (unpaired) electrons. The smallest absolute Gasteiger partial charge is 0.270 e. The summed E-state index contributed by atoms with van der Waals surface area (Å²) in [6.45, 7) is 2.72. The monoisotopic (exact) mass is 325 g/mol. The summed E-state index contributed by atoms with van der Waals surface area (Å²) in [5.74, 6) is 0.00323. The van der Waals surface area contributed by atoms with Crippen LogP contribution in [0.5, 0.6) is 5.75 Å². The molecule has 6 nitrogen and oxygen atoms in total. The first-order valence-corrected chi connectivity index (χ1v) is 7.88. The average molecular weight is 325 g/mol. The number of phenolic OH excluding ortho intramolecular Hbond substituents is 1. The molecule has 0 aliphatic carbocycles. The Morgan fingerprint density at radius 2 is 2.08 bits per heavy atom. The van der Waals surface area contributed by atoms with Crippen LogP contribution < -0.4 is 0 Å². The summed E-state index contributed by atoms with van der Waals surface area (Å²) >= 11 is 0. The molecular weight excluding hydrogens is 306 g/mol. The lowest BCUT2D eigenvalue weighted by atomic mass is 10.2. The van der Waals surface area contributed by atoms with Gasteiger partial charge >= 0.3 is 0 Å². The molecule has 6 heteroatoms. The molecular formula is C18H19N3O3. The molecule has 2 aromatic carbocycles. The van der Waals surface area contributed by atoms with Crippen molar-refractivity contribution in [2.75, 3.05) is 13.1 Å². The van der Waals surface area contributed by atoms with Crippen LogP contribution in [0, 0.1) is 10.1 Å². The number of hydrogen-bond acceptors (Lipinski definition) is 5. The SMILES string of the molecule is O=[N+]([O-])c1ccc(O)c(C=N[C@@H]2CCN(Cc3ccccc3)C2)c1. The third-order valence-electron chi connectivity index (χ3n) is 4.14. The van der Waals surface area contributed by atoms with Gasteiger partial charge in [-0.15, -0.1) is 0 Å². The molecule has 1 atom stereocenters. The van der Waals surface area contributed by atoms with E-state index in [9.17, 15) is 15.2 Å². The van der Waals surface area contributed by atoms with E-state index in [1.807, 2.05) is 18.2 Å². The van der Waals surface area contributed by atoms with Gasteiger partial charge in [0.2, 0.25) is 0 Å². The Bertz CT molecular complexity index is 746. The van der Waals surface area contributed by atoms with Crippen LogP contribution in [0.4, 0.5) is 5.69 Å². The van der Waals surface area contributed by atoms with Gasteiger partial charge in [-0.3, -0.25) is 20.0 Å². The largest absolute Gasteiger partial charge is 0.507 e. The molecule has 1 saturated heterocycles. The van der Waals surface area contributed by atoms with Gasteiger partial charge in [0.1, 0.15) is 5.75 Å². The molecule has 1 aliphatic rings. The second-order valence-electron chi connectivity index (χ2n) is 5.94. The van der Waals surface area contributed by atoms with Crippen molar-refractivity contribution in [2.24, 2.45) is 4.99 Å². The summed E-state index contributed by atoms with van der Waals surface area (Å²) < 4.78 is 0. The van der Waals surface area contributed by atoms with Gasteiger partial charge in [-0.05, 0) is 18.1 Å². The van der Waals surface area contributed by atoms with E-state index in [1.165, 1.54) is 23.8 Å². The molecule has 0 bridgehead atoms. The van der Waals surface area contributed by atoms with E-state index in [2.05, 4.69) is 22.0 Å². The predicted octanol–water partition coefficient (Wildman–Crippen LogP) is 2.99. The van der Waals surface area contributed by atoms with Gasteiger partial charge in [0.25, 0.3) is 5.69 Å². The van der Waals surface area contributed by atoms with Crippen molar-refractivity contribution >= 4 is 11.9 Å². The predicted molar refractivity (Wildman–Crippen MR) is 92.5 cm³/mol. The highest BCUT2D eigenvalue weighted by atomic mass is 16.6. The third-order valence-corrected chi connectivity index (χ3v) is 4.14. The van der Waals surface area contributed by atoms with E-state index in [-0.39, 0.29) is 17.5 Å². The average Bonchev–Trinajstić information content (AvgIpc) is 3.02. The maximum atomic E-state index is 10.8. The van der Waals surface area contributed by atoms with Gasteiger partial charge in [-0.2, -0.15) is 0 Å². The summed E-state index contributed by atoms with van der Waals surface area (Å²) in [4.78, 5) is 17.2. The highest BCUT2D eigenvalue weighted by Crippen LogP contribution is 2.22. The standard InChI is InChI=1S/C18H19N3O3/c22-18-7-6-17(21(23)24)10-15(18)11-19-16-8-9-20(13-16)12-14-4-2-1-3-5-14/h1-7,10-11,16,22H,8-9,12-13H2/t16-/m1/s1. The molecule has 24 heavy (non-hydrogen) atoms. The third kappa shape index (κ3) is 3.97. The Balaban J connectivity index is 1.62. The van der Waals surface area contributed by atoms with E-state index in [0.29, 0.717) is 5.56 Å². The number of likely N-dealkylation sites (tertiary alicyclic amines) is 1. The van der Waals surface area contributed by atoms with Crippen LogP contribution in [-0.4, -0.2) is 40.3 Å². The fourth-order valence-corrected chi connectivity index (χ4v) is 2.86. The minimum atomic E-state index is -0.478. The van der Waals surface area contributed by atoms with Crippen molar-refractivity contribution in [2.45, 2.75) is 19.0 Å². The number of nitro groups is 1. The number of rotatable bonds is 5. The molecule has 0 unspecified atom stereocenters. The molecule has 0 spiro atoms. The first kappa shape index (κ1) is 16.1. The van der Waals surface area contributed by atoms with E-state index >= 15 is 0 Å². The Morgan fingerprint density at radius 3 is 2.83 bits per heavy atom. The van der Waals surface area contributed by atoms with Crippen molar-refractivity contribution in [3.8, 4) is 5.75 Å². The maximum absolute atomic E-state index is 10.8. The molecule has 3 rings (SSSR count). The first-order chi connectivity index (χ1) is 11.6. The minimum Gasteiger partial charge on any atom is -0.507 e. The number of benzene rings is 2. The topological polar surface area (TPSA) is 79.0 Å². The van der Waals surface area contributed by atoms with E-state index in [4.69, 9.17) is 0 Å². The lowest BCUT2D eigenvalue weighted by molar-refractivity contribution is -0.384. The molecule has 1 fully saturated rings. The quantitative estimate of drug-likeness (QED) is 0.521. The molecule has 1 heterocycles. The Kier molecular flexibility index (Phi) is 4.86. The Labute approximate surface area is 140 Å². The molecule has 2 aromatic rings. The molecule has 0 saturated carbocycles. The van der Waals surface area contributed by atoms with E-state index in [1.54, 1.807) is 6.21 Å². The van der Waals surface area contributed by atoms with Gasteiger partial charge < -0.3 is 5.11 Å². The molecule has 0 aromatic heterocycles.